The highest BCUT2D eigenvalue weighted by molar-refractivity contribution is 5.89. The zero-order valence-corrected chi connectivity index (χ0v) is 16.4. The summed E-state index contributed by atoms with van der Waals surface area (Å²) in [6.07, 6.45) is -4.52. The van der Waals surface area contributed by atoms with Crippen molar-refractivity contribution in [3.63, 3.8) is 0 Å². The van der Waals surface area contributed by atoms with Gasteiger partial charge in [-0.2, -0.15) is 13.2 Å². The summed E-state index contributed by atoms with van der Waals surface area (Å²) < 4.78 is 51.1. The van der Waals surface area contributed by atoms with Crippen LogP contribution in [0.15, 0.2) is 65.1 Å². The molecule has 1 aliphatic rings. The van der Waals surface area contributed by atoms with Gasteiger partial charge in [-0.25, -0.2) is 4.79 Å². The van der Waals surface area contributed by atoms with Crippen molar-refractivity contribution in [2.75, 3.05) is 0 Å². The lowest BCUT2D eigenvalue weighted by Gasteiger charge is -2.42. The standard InChI is InChI=1S/C23H20F3NO4/c24-23(25,26)21(29)27-22(19-14-16-10-4-5-11-17(16)30-19)13-7-6-12-18(22)31-20(28)15-8-2-1-3-9-15/h1-5,8-11,14,18H,6-7,12-13H2,(H,27,29)/t18-,22+/m1/s1. The van der Waals surface area contributed by atoms with Gasteiger partial charge in [-0.1, -0.05) is 42.8 Å². The van der Waals surface area contributed by atoms with Crippen molar-refractivity contribution in [2.45, 2.75) is 43.5 Å². The second-order valence-electron chi connectivity index (χ2n) is 7.58. The van der Waals surface area contributed by atoms with Crippen molar-refractivity contribution in [1.29, 1.82) is 0 Å². The molecule has 2 atom stereocenters. The van der Waals surface area contributed by atoms with E-state index in [-0.39, 0.29) is 24.2 Å². The fourth-order valence-corrected chi connectivity index (χ4v) is 4.03. The van der Waals surface area contributed by atoms with Gasteiger partial charge in [0.2, 0.25) is 0 Å². The number of esters is 1. The number of rotatable bonds is 4. The Morgan fingerprint density at radius 3 is 2.45 bits per heavy atom. The molecule has 31 heavy (non-hydrogen) atoms. The first kappa shape index (κ1) is 21.0. The largest absolute Gasteiger partial charge is 0.471 e. The molecule has 0 bridgehead atoms. The maximum absolute atomic E-state index is 13.2. The number of nitrogens with one attached hydrogen (secondary N) is 1. The van der Waals surface area contributed by atoms with Crippen molar-refractivity contribution < 1.29 is 31.9 Å². The van der Waals surface area contributed by atoms with E-state index in [1.165, 1.54) is 0 Å². The molecule has 0 saturated heterocycles. The fraction of sp³-hybridized carbons (Fsp3) is 0.304. The lowest BCUT2D eigenvalue weighted by atomic mass is 9.77. The summed E-state index contributed by atoms with van der Waals surface area (Å²) in [4.78, 5) is 24.7. The molecule has 1 aliphatic carbocycles. The summed E-state index contributed by atoms with van der Waals surface area (Å²) in [5.41, 5.74) is -0.889. The molecule has 2 aromatic carbocycles. The number of amides is 1. The maximum atomic E-state index is 13.2. The summed E-state index contributed by atoms with van der Waals surface area (Å²) in [6.45, 7) is 0. The minimum absolute atomic E-state index is 0.136. The van der Waals surface area contributed by atoms with Gasteiger partial charge < -0.3 is 14.5 Å². The Hall–Kier alpha value is -3.29. The maximum Gasteiger partial charge on any atom is 0.471 e. The zero-order valence-electron chi connectivity index (χ0n) is 16.4. The first-order valence-electron chi connectivity index (χ1n) is 9.94. The van der Waals surface area contributed by atoms with Crippen molar-refractivity contribution in [3.8, 4) is 0 Å². The number of carbonyl (C=O) groups excluding carboxylic acids is 2. The number of carbonyl (C=O) groups is 2. The third kappa shape index (κ3) is 4.15. The minimum Gasteiger partial charge on any atom is -0.458 e. The van der Waals surface area contributed by atoms with Crippen LogP contribution < -0.4 is 5.32 Å². The molecule has 4 rings (SSSR count). The highest BCUT2D eigenvalue weighted by Gasteiger charge is 2.52. The first-order chi connectivity index (χ1) is 14.8. The van der Waals surface area contributed by atoms with E-state index in [0.29, 0.717) is 23.8 Å². The Kier molecular flexibility index (Phi) is 5.47. The molecule has 0 unspecified atom stereocenters. The summed E-state index contributed by atoms with van der Waals surface area (Å²) >= 11 is 0. The Labute approximate surface area is 176 Å². The number of hydrogen-bond donors (Lipinski definition) is 1. The molecule has 0 aliphatic heterocycles. The first-order valence-corrected chi connectivity index (χ1v) is 9.94. The number of benzene rings is 2. The fourth-order valence-electron chi connectivity index (χ4n) is 4.03. The van der Waals surface area contributed by atoms with E-state index < -0.39 is 29.7 Å². The Bertz CT molecular complexity index is 1060. The molecule has 5 nitrogen and oxygen atoms in total. The van der Waals surface area contributed by atoms with Gasteiger partial charge in [-0.15, -0.1) is 0 Å². The van der Waals surface area contributed by atoms with E-state index in [0.717, 1.165) is 0 Å². The third-order valence-electron chi connectivity index (χ3n) is 5.56. The Morgan fingerprint density at radius 2 is 1.74 bits per heavy atom. The van der Waals surface area contributed by atoms with E-state index in [2.05, 4.69) is 5.32 Å². The van der Waals surface area contributed by atoms with E-state index in [1.54, 1.807) is 60.7 Å². The van der Waals surface area contributed by atoms with Gasteiger partial charge >= 0.3 is 18.1 Å². The van der Waals surface area contributed by atoms with Crippen molar-refractivity contribution >= 4 is 22.8 Å². The van der Waals surface area contributed by atoms with Crippen molar-refractivity contribution in [3.05, 3.63) is 72.0 Å². The molecule has 1 amide bonds. The summed E-state index contributed by atoms with van der Waals surface area (Å²) in [5, 5.41) is 2.80. The predicted molar refractivity (Wildman–Crippen MR) is 106 cm³/mol. The van der Waals surface area contributed by atoms with Crippen LogP contribution >= 0.6 is 0 Å². The van der Waals surface area contributed by atoms with Crippen LogP contribution in [0.25, 0.3) is 11.0 Å². The summed E-state index contributed by atoms with van der Waals surface area (Å²) in [7, 11) is 0. The summed E-state index contributed by atoms with van der Waals surface area (Å²) in [6, 6.07) is 16.7. The van der Waals surface area contributed by atoms with Crippen LogP contribution in [0.4, 0.5) is 13.2 Å². The van der Waals surface area contributed by atoms with Crippen LogP contribution in [0, 0.1) is 0 Å². The summed E-state index contributed by atoms with van der Waals surface area (Å²) in [5.74, 6) is -2.64. The number of ether oxygens (including phenoxy) is 1. The number of halogens is 3. The van der Waals surface area contributed by atoms with Gasteiger partial charge in [0.05, 0.1) is 5.56 Å². The molecule has 1 aromatic heterocycles. The second-order valence-corrected chi connectivity index (χ2v) is 7.58. The van der Waals surface area contributed by atoms with Crippen LogP contribution in [-0.4, -0.2) is 24.2 Å². The van der Waals surface area contributed by atoms with Crippen LogP contribution in [0.2, 0.25) is 0 Å². The monoisotopic (exact) mass is 431 g/mol. The lowest BCUT2D eigenvalue weighted by Crippen LogP contribution is -2.59. The van der Waals surface area contributed by atoms with Crippen LogP contribution in [0.1, 0.15) is 41.8 Å². The van der Waals surface area contributed by atoms with Crippen molar-refractivity contribution in [1.82, 2.24) is 5.32 Å². The number of furan rings is 1. The van der Waals surface area contributed by atoms with Gasteiger partial charge in [0.25, 0.3) is 0 Å². The van der Waals surface area contributed by atoms with E-state index >= 15 is 0 Å². The number of hydrogen-bond acceptors (Lipinski definition) is 4. The molecule has 3 aromatic rings. The van der Waals surface area contributed by atoms with E-state index in [1.807, 2.05) is 0 Å². The topological polar surface area (TPSA) is 68.5 Å². The van der Waals surface area contributed by atoms with Crippen LogP contribution in [0.3, 0.4) is 0 Å². The van der Waals surface area contributed by atoms with Gasteiger partial charge in [0, 0.05) is 5.39 Å². The molecule has 1 fully saturated rings. The Morgan fingerprint density at radius 1 is 1.03 bits per heavy atom. The number of fused-ring (bicyclic) bond motifs is 1. The molecule has 162 valence electrons. The lowest BCUT2D eigenvalue weighted by molar-refractivity contribution is -0.178. The van der Waals surface area contributed by atoms with Crippen molar-refractivity contribution in [2.24, 2.45) is 0 Å². The number of alkyl halides is 3. The van der Waals surface area contributed by atoms with E-state index in [9.17, 15) is 22.8 Å². The average Bonchev–Trinajstić information content (AvgIpc) is 3.20. The van der Waals surface area contributed by atoms with Gasteiger partial charge in [-0.3, -0.25) is 4.79 Å². The highest BCUT2D eigenvalue weighted by atomic mass is 19.4. The molecular weight excluding hydrogens is 411 g/mol. The predicted octanol–water partition coefficient (Wildman–Crippen LogP) is 5.11. The normalized spacial score (nSPS) is 21.6. The minimum atomic E-state index is -5.09. The second kappa shape index (κ2) is 8.09. The van der Waals surface area contributed by atoms with Gasteiger partial charge in [-0.05, 0) is 43.5 Å². The molecule has 8 heteroatoms. The van der Waals surface area contributed by atoms with Gasteiger partial charge in [0.15, 0.2) is 0 Å². The average molecular weight is 431 g/mol. The zero-order chi connectivity index (χ0) is 22.1. The SMILES string of the molecule is O=C(O[C@@H]1CCCC[C@@]1(NC(=O)C(F)(F)F)c1cc2ccccc2o1)c1ccccc1. The smallest absolute Gasteiger partial charge is 0.458 e. The molecular formula is C23H20F3NO4. The Balaban J connectivity index is 1.76. The highest BCUT2D eigenvalue weighted by Crippen LogP contribution is 2.42. The molecule has 0 radical (unpaired) electrons. The molecule has 0 spiro atoms. The third-order valence-corrected chi connectivity index (χ3v) is 5.56. The number of para-hydroxylation sites is 1. The molecule has 1 N–H and O–H groups in total. The quantitative estimate of drug-likeness (QED) is 0.583. The molecule has 1 heterocycles. The van der Waals surface area contributed by atoms with Crippen LogP contribution in [0.5, 0.6) is 0 Å². The molecule has 1 saturated carbocycles. The van der Waals surface area contributed by atoms with Gasteiger partial charge in [0.1, 0.15) is 23.0 Å². The van der Waals surface area contributed by atoms with E-state index in [4.69, 9.17) is 9.15 Å². The van der Waals surface area contributed by atoms with Crippen LogP contribution in [-0.2, 0) is 15.1 Å².